The molecule has 2 heteroatoms. The van der Waals surface area contributed by atoms with Gasteiger partial charge in [-0.15, -0.1) is 0 Å². The molecular weight excluding hydrogens is 114 g/mol. The second-order valence-corrected chi connectivity index (χ2v) is 2.74. The SMILES string of the molecule is CC1CC1c1ccon1. The van der Waals surface area contributed by atoms with Crippen LogP contribution in [0.5, 0.6) is 0 Å². The number of hydrogen-bond donors (Lipinski definition) is 0. The molecule has 1 aliphatic carbocycles. The molecule has 0 radical (unpaired) electrons. The largest absolute Gasteiger partial charge is 0.365 e. The smallest absolute Gasteiger partial charge is 0.124 e. The van der Waals surface area contributed by atoms with E-state index in [0.29, 0.717) is 5.92 Å². The van der Waals surface area contributed by atoms with Crippen LogP contribution in [-0.2, 0) is 0 Å². The van der Waals surface area contributed by atoms with Gasteiger partial charge in [0.1, 0.15) is 6.26 Å². The van der Waals surface area contributed by atoms with E-state index in [9.17, 15) is 0 Å². The third-order valence-corrected chi connectivity index (χ3v) is 1.95. The van der Waals surface area contributed by atoms with Crippen molar-refractivity contribution in [2.24, 2.45) is 5.92 Å². The first kappa shape index (κ1) is 5.03. The molecule has 1 heterocycles. The van der Waals surface area contributed by atoms with E-state index in [1.54, 1.807) is 6.26 Å². The predicted octanol–water partition coefficient (Wildman–Crippen LogP) is 1.80. The normalized spacial score (nSPS) is 32.6. The Bertz CT molecular complexity index is 193. The van der Waals surface area contributed by atoms with Gasteiger partial charge in [0.15, 0.2) is 0 Å². The lowest BCUT2D eigenvalue weighted by Crippen LogP contribution is -1.77. The summed E-state index contributed by atoms with van der Waals surface area (Å²) < 4.78 is 4.71. The van der Waals surface area contributed by atoms with Gasteiger partial charge in [-0.3, -0.25) is 0 Å². The van der Waals surface area contributed by atoms with Gasteiger partial charge in [0.05, 0.1) is 5.69 Å². The molecule has 0 aliphatic heterocycles. The average molecular weight is 123 g/mol. The Hall–Kier alpha value is -0.790. The Balaban J connectivity index is 2.18. The highest BCUT2D eigenvalue weighted by molar-refractivity contribution is 5.13. The summed E-state index contributed by atoms with van der Waals surface area (Å²) in [5.41, 5.74) is 1.13. The summed E-state index contributed by atoms with van der Waals surface area (Å²) in [6, 6.07) is 1.95. The Morgan fingerprint density at radius 1 is 1.78 bits per heavy atom. The first-order chi connectivity index (χ1) is 4.38. The maximum absolute atomic E-state index is 4.71. The van der Waals surface area contributed by atoms with Crippen molar-refractivity contribution in [2.75, 3.05) is 0 Å². The van der Waals surface area contributed by atoms with Crippen molar-refractivity contribution in [1.29, 1.82) is 0 Å². The fourth-order valence-corrected chi connectivity index (χ4v) is 1.15. The van der Waals surface area contributed by atoms with Gasteiger partial charge >= 0.3 is 0 Å². The Morgan fingerprint density at radius 2 is 2.56 bits per heavy atom. The second kappa shape index (κ2) is 1.59. The van der Waals surface area contributed by atoms with Gasteiger partial charge in [-0.25, -0.2) is 0 Å². The highest BCUT2D eigenvalue weighted by Crippen LogP contribution is 2.45. The van der Waals surface area contributed by atoms with E-state index in [-0.39, 0.29) is 0 Å². The van der Waals surface area contributed by atoms with Crippen LogP contribution in [0, 0.1) is 5.92 Å². The summed E-state index contributed by atoms with van der Waals surface area (Å²) in [6.45, 7) is 2.24. The number of aromatic nitrogens is 1. The van der Waals surface area contributed by atoms with Crippen LogP contribution >= 0.6 is 0 Å². The van der Waals surface area contributed by atoms with Crippen LogP contribution in [-0.4, -0.2) is 5.16 Å². The van der Waals surface area contributed by atoms with Crippen molar-refractivity contribution in [2.45, 2.75) is 19.3 Å². The van der Waals surface area contributed by atoms with E-state index >= 15 is 0 Å². The molecule has 9 heavy (non-hydrogen) atoms. The minimum atomic E-state index is 0.698. The third-order valence-electron chi connectivity index (χ3n) is 1.95. The predicted molar refractivity (Wildman–Crippen MR) is 33.0 cm³/mol. The third kappa shape index (κ3) is 0.745. The van der Waals surface area contributed by atoms with E-state index in [4.69, 9.17) is 4.52 Å². The van der Waals surface area contributed by atoms with E-state index in [2.05, 4.69) is 12.1 Å². The van der Waals surface area contributed by atoms with Crippen LogP contribution in [0.1, 0.15) is 25.0 Å². The van der Waals surface area contributed by atoms with Gasteiger partial charge in [-0.1, -0.05) is 12.1 Å². The molecule has 1 aliphatic rings. The standard InChI is InChI=1S/C7H9NO/c1-5-4-6(5)7-2-3-9-8-7/h2-3,5-6H,4H2,1H3. The van der Waals surface area contributed by atoms with Crippen LogP contribution in [0.2, 0.25) is 0 Å². The number of rotatable bonds is 1. The van der Waals surface area contributed by atoms with Gasteiger partial charge in [0.2, 0.25) is 0 Å². The first-order valence-electron chi connectivity index (χ1n) is 3.28. The summed E-state index contributed by atoms with van der Waals surface area (Å²) in [7, 11) is 0. The summed E-state index contributed by atoms with van der Waals surface area (Å²) in [5, 5.41) is 3.85. The highest BCUT2D eigenvalue weighted by Gasteiger charge is 2.35. The number of hydrogen-bond acceptors (Lipinski definition) is 2. The van der Waals surface area contributed by atoms with Crippen LogP contribution in [0.15, 0.2) is 16.9 Å². The quantitative estimate of drug-likeness (QED) is 0.569. The highest BCUT2D eigenvalue weighted by atomic mass is 16.5. The van der Waals surface area contributed by atoms with E-state index in [1.165, 1.54) is 6.42 Å². The fraction of sp³-hybridized carbons (Fsp3) is 0.571. The van der Waals surface area contributed by atoms with Gasteiger partial charge < -0.3 is 4.52 Å². The van der Waals surface area contributed by atoms with E-state index in [1.807, 2.05) is 6.07 Å². The van der Waals surface area contributed by atoms with Gasteiger partial charge in [0, 0.05) is 12.0 Å². The zero-order chi connectivity index (χ0) is 6.27. The van der Waals surface area contributed by atoms with Gasteiger partial charge in [-0.05, 0) is 12.3 Å². The molecule has 0 bridgehead atoms. The zero-order valence-corrected chi connectivity index (χ0v) is 5.37. The molecule has 2 nitrogen and oxygen atoms in total. The Kier molecular flexibility index (Phi) is 0.891. The summed E-state index contributed by atoms with van der Waals surface area (Å²) in [4.78, 5) is 0. The molecule has 1 fully saturated rings. The van der Waals surface area contributed by atoms with Crippen molar-refractivity contribution in [3.8, 4) is 0 Å². The first-order valence-corrected chi connectivity index (χ1v) is 3.28. The molecule has 2 unspecified atom stereocenters. The molecule has 0 aromatic carbocycles. The monoisotopic (exact) mass is 123 g/mol. The zero-order valence-electron chi connectivity index (χ0n) is 5.37. The van der Waals surface area contributed by atoms with Gasteiger partial charge in [-0.2, -0.15) is 0 Å². The molecular formula is C7H9NO. The van der Waals surface area contributed by atoms with Gasteiger partial charge in [0.25, 0.3) is 0 Å². The molecule has 1 aromatic rings. The minimum absolute atomic E-state index is 0.698. The van der Waals surface area contributed by atoms with Crippen LogP contribution in [0.25, 0.3) is 0 Å². The topological polar surface area (TPSA) is 26.0 Å². The Labute approximate surface area is 53.9 Å². The van der Waals surface area contributed by atoms with Crippen molar-refractivity contribution in [3.63, 3.8) is 0 Å². The Morgan fingerprint density at radius 3 is 3.00 bits per heavy atom. The maximum atomic E-state index is 4.71. The lowest BCUT2D eigenvalue weighted by Gasteiger charge is -1.82. The van der Waals surface area contributed by atoms with Crippen molar-refractivity contribution in [1.82, 2.24) is 5.16 Å². The average Bonchev–Trinajstić information content (AvgIpc) is 2.44. The second-order valence-electron chi connectivity index (χ2n) is 2.74. The van der Waals surface area contributed by atoms with Crippen molar-refractivity contribution >= 4 is 0 Å². The summed E-state index contributed by atoms with van der Waals surface area (Å²) in [5.74, 6) is 1.53. The molecule has 48 valence electrons. The van der Waals surface area contributed by atoms with Crippen molar-refractivity contribution < 1.29 is 4.52 Å². The summed E-state index contributed by atoms with van der Waals surface area (Å²) >= 11 is 0. The van der Waals surface area contributed by atoms with Crippen molar-refractivity contribution in [3.05, 3.63) is 18.0 Å². The van der Waals surface area contributed by atoms with Crippen LogP contribution in [0.3, 0.4) is 0 Å². The molecule has 0 N–H and O–H groups in total. The lowest BCUT2D eigenvalue weighted by atomic mass is 10.2. The van der Waals surface area contributed by atoms with E-state index < -0.39 is 0 Å². The number of nitrogens with zero attached hydrogens (tertiary/aromatic N) is 1. The fourth-order valence-electron chi connectivity index (χ4n) is 1.15. The van der Waals surface area contributed by atoms with E-state index in [0.717, 1.165) is 11.6 Å². The van der Waals surface area contributed by atoms with Crippen LogP contribution in [0.4, 0.5) is 0 Å². The lowest BCUT2D eigenvalue weighted by molar-refractivity contribution is 0.411. The molecule has 2 atom stereocenters. The molecule has 0 amide bonds. The molecule has 0 saturated heterocycles. The van der Waals surface area contributed by atoms with Crippen LogP contribution < -0.4 is 0 Å². The summed E-state index contributed by atoms with van der Waals surface area (Å²) in [6.07, 6.45) is 2.92. The minimum Gasteiger partial charge on any atom is -0.365 e. The molecule has 1 aromatic heterocycles. The molecule has 1 saturated carbocycles. The maximum Gasteiger partial charge on any atom is 0.124 e. The molecule has 0 spiro atoms. The molecule has 2 rings (SSSR count).